The molecule has 0 aromatic heterocycles. The Hall–Kier alpha value is -6.22. The normalized spacial score (nSPS) is 13.6. The Morgan fingerprint density at radius 1 is 0.690 bits per heavy atom. The first-order chi connectivity index (χ1) is 28.3. The molecule has 0 N–H and O–H groups in total. The molecular weight excluding hydrogens is 715 g/mol. The first kappa shape index (κ1) is 44.5. The lowest BCUT2D eigenvalue weighted by Gasteiger charge is -2.32. The van der Waals surface area contributed by atoms with Crippen LogP contribution >= 0.6 is 0 Å². The van der Waals surface area contributed by atoms with Crippen molar-refractivity contribution in [2.24, 2.45) is 22.1 Å². The number of nitriles is 3. The zero-order valence-electron chi connectivity index (χ0n) is 35.0. The number of benzene rings is 3. The molecule has 8 nitrogen and oxygen atoms in total. The second-order valence-electron chi connectivity index (χ2n) is 14.9. The average molecular weight is 772 g/mol. The number of rotatable bonds is 20. The molecule has 1 aliphatic rings. The van der Waals surface area contributed by atoms with Crippen molar-refractivity contribution in [3.63, 3.8) is 0 Å². The molecule has 0 radical (unpaired) electrons. The quantitative estimate of drug-likeness (QED) is 0.0643. The van der Waals surface area contributed by atoms with Crippen LogP contribution in [0, 0.1) is 57.7 Å². The second-order valence-corrected chi connectivity index (χ2v) is 14.9. The van der Waals surface area contributed by atoms with Crippen LogP contribution in [0.1, 0.15) is 116 Å². The fraction of sp³-hybridized carbons (Fsp3) is 0.400. The van der Waals surface area contributed by atoms with Gasteiger partial charge >= 0.3 is 0 Å². The molecule has 0 spiro atoms. The van der Waals surface area contributed by atoms with E-state index in [1.807, 2.05) is 73.7 Å². The van der Waals surface area contributed by atoms with Gasteiger partial charge in [0.1, 0.15) is 18.2 Å². The Labute approximate surface area is 346 Å². The minimum Gasteiger partial charge on any atom is -0.371 e. The Balaban J connectivity index is 1.41. The predicted molar refractivity (Wildman–Crippen MR) is 235 cm³/mol. The van der Waals surface area contributed by atoms with Crippen LogP contribution < -0.4 is 4.90 Å². The number of nitrogens with zero attached hydrogens (tertiary/aromatic N) is 7. The lowest BCUT2D eigenvalue weighted by molar-refractivity contribution is -0.124. The maximum Gasteiger partial charge on any atom is 0.259 e. The van der Waals surface area contributed by atoms with Crippen LogP contribution in [0.15, 0.2) is 112 Å². The number of hydrogen-bond acceptors (Lipinski definition) is 7. The van der Waals surface area contributed by atoms with Crippen molar-refractivity contribution in [2.75, 3.05) is 24.5 Å². The number of unbranched alkanes of at least 4 members (excludes halogenated alkanes) is 3. The Bertz CT molecular complexity index is 2090. The number of hydrogen-bond donors (Lipinski definition) is 0. The van der Waals surface area contributed by atoms with Crippen LogP contribution in [0.3, 0.4) is 0 Å². The third kappa shape index (κ3) is 12.6. The van der Waals surface area contributed by atoms with Crippen LogP contribution in [0.2, 0.25) is 0 Å². The van der Waals surface area contributed by atoms with Gasteiger partial charge in [0, 0.05) is 36.4 Å². The van der Waals surface area contributed by atoms with Gasteiger partial charge in [-0.15, -0.1) is 0 Å². The van der Waals surface area contributed by atoms with E-state index in [4.69, 9.17) is 0 Å². The molecule has 0 fully saturated rings. The van der Waals surface area contributed by atoms with Gasteiger partial charge in [0.05, 0.1) is 28.2 Å². The minimum atomic E-state index is -0.387. The highest BCUT2D eigenvalue weighted by Gasteiger charge is 2.36. The maximum atomic E-state index is 13.3. The summed E-state index contributed by atoms with van der Waals surface area (Å²) in [6.07, 6.45) is 14.8. The largest absolute Gasteiger partial charge is 0.371 e. The van der Waals surface area contributed by atoms with Gasteiger partial charge in [-0.3, -0.25) is 4.79 Å². The van der Waals surface area contributed by atoms with Crippen molar-refractivity contribution in [1.82, 2.24) is 4.90 Å². The number of carbonyl (C=O) groups is 1. The Kier molecular flexibility index (Phi) is 18.2. The predicted octanol–water partition coefficient (Wildman–Crippen LogP) is 12.5. The highest BCUT2D eigenvalue weighted by atomic mass is 16.2. The average Bonchev–Trinajstić information content (AvgIpc) is 3.53. The molecule has 0 saturated heterocycles. The van der Waals surface area contributed by atoms with Crippen molar-refractivity contribution in [1.29, 1.82) is 15.8 Å². The molecule has 8 heteroatoms. The zero-order chi connectivity index (χ0) is 41.7. The van der Waals surface area contributed by atoms with Crippen molar-refractivity contribution in [3.8, 4) is 30.0 Å². The van der Waals surface area contributed by atoms with Gasteiger partial charge in [0.2, 0.25) is 0 Å². The lowest BCUT2D eigenvalue weighted by Crippen LogP contribution is -2.34. The maximum absolute atomic E-state index is 13.3. The van der Waals surface area contributed by atoms with Gasteiger partial charge < -0.3 is 9.80 Å². The van der Waals surface area contributed by atoms with Crippen LogP contribution in [-0.2, 0) is 4.79 Å². The van der Waals surface area contributed by atoms with Crippen molar-refractivity contribution in [2.45, 2.75) is 98.8 Å². The minimum absolute atomic E-state index is 0.0397. The number of azo groups is 1. The molecule has 0 aliphatic carbocycles. The number of carbonyl (C=O) groups excluding carboxylic acids is 1. The van der Waals surface area contributed by atoms with E-state index < -0.39 is 0 Å². The standard InChI is InChI=1S/C50H57N7O/c1-6-11-14-38(9-4)36-56(37-39(10-5)15-12-7-2)46-29-27-45(28-30-46)55-54-44-25-22-42(23-26-44)21-18-40-16-19-41(20-17-40)24-31-47-48(35-53)49(43(33-51)34-52)57(50(47)58)32-13-8-3/h16-17,19-20,22-31,38-39H,6-15,32,36-37H2,1-5H3/b31-24+,55-54?. The molecule has 4 rings (SSSR count). The third-order valence-electron chi connectivity index (χ3n) is 10.7. The molecule has 1 heterocycles. The highest BCUT2D eigenvalue weighted by molar-refractivity contribution is 6.05. The lowest BCUT2D eigenvalue weighted by atomic mass is 9.95. The first-order valence-electron chi connectivity index (χ1n) is 21.0. The van der Waals surface area contributed by atoms with Gasteiger partial charge in [-0.1, -0.05) is 110 Å². The van der Waals surface area contributed by atoms with Crippen molar-refractivity contribution >= 4 is 29.0 Å². The van der Waals surface area contributed by atoms with E-state index in [9.17, 15) is 20.6 Å². The van der Waals surface area contributed by atoms with Crippen LogP contribution in [0.25, 0.3) is 6.08 Å². The molecule has 0 saturated carbocycles. The van der Waals surface area contributed by atoms with Gasteiger partial charge in [0.15, 0.2) is 5.57 Å². The Morgan fingerprint density at radius 2 is 1.19 bits per heavy atom. The molecule has 298 valence electrons. The van der Waals surface area contributed by atoms with E-state index in [-0.39, 0.29) is 28.3 Å². The van der Waals surface area contributed by atoms with E-state index in [0.29, 0.717) is 24.8 Å². The van der Waals surface area contributed by atoms with Crippen LogP contribution in [-0.4, -0.2) is 30.4 Å². The summed E-state index contributed by atoms with van der Waals surface area (Å²) in [5, 5.41) is 37.9. The fourth-order valence-corrected chi connectivity index (χ4v) is 7.01. The van der Waals surface area contributed by atoms with Crippen molar-refractivity contribution < 1.29 is 4.79 Å². The van der Waals surface area contributed by atoms with E-state index in [2.05, 4.69) is 78.9 Å². The van der Waals surface area contributed by atoms with Crippen LogP contribution in [0.5, 0.6) is 0 Å². The molecule has 58 heavy (non-hydrogen) atoms. The molecule has 3 aromatic rings. The van der Waals surface area contributed by atoms with E-state index in [1.54, 1.807) is 12.2 Å². The Morgan fingerprint density at radius 3 is 1.66 bits per heavy atom. The SMILES string of the molecule is CCCCC(CC)CN(CC(CC)CCCC)c1ccc(N=Nc2ccc(C#Cc3ccc(/C=C/C4=C(C#N)C(=C(C#N)C#N)N(CCCC)C4=O)cc3)cc2)cc1. The summed E-state index contributed by atoms with van der Waals surface area (Å²) < 4.78 is 0. The fourth-order valence-electron chi connectivity index (χ4n) is 7.01. The summed E-state index contributed by atoms with van der Waals surface area (Å²) in [6, 6.07) is 29.5. The van der Waals surface area contributed by atoms with Crippen LogP contribution in [0.4, 0.5) is 17.1 Å². The van der Waals surface area contributed by atoms with E-state index in [1.165, 1.54) is 62.0 Å². The highest BCUT2D eigenvalue weighted by Crippen LogP contribution is 2.33. The number of anilines is 1. The van der Waals surface area contributed by atoms with Gasteiger partial charge in [-0.25, -0.2) is 0 Å². The smallest absolute Gasteiger partial charge is 0.259 e. The monoisotopic (exact) mass is 771 g/mol. The molecule has 2 atom stereocenters. The molecular formula is C50H57N7O. The van der Waals surface area contributed by atoms with E-state index in [0.717, 1.165) is 47.6 Å². The number of amides is 1. The summed E-state index contributed by atoms with van der Waals surface area (Å²) >= 11 is 0. The molecule has 2 unspecified atom stereocenters. The molecule has 3 aromatic carbocycles. The topological polar surface area (TPSA) is 120 Å². The summed E-state index contributed by atoms with van der Waals surface area (Å²) in [6.45, 7) is 13.7. The summed E-state index contributed by atoms with van der Waals surface area (Å²) in [4.78, 5) is 17.3. The van der Waals surface area contributed by atoms with Crippen molar-refractivity contribution in [3.05, 3.63) is 118 Å². The van der Waals surface area contributed by atoms with E-state index >= 15 is 0 Å². The first-order valence-corrected chi connectivity index (χ1v) is 21.0. The number of allylic oxidation sites excluding steroid dienone is 2. The summed E-state index contributed by atoms with van der Waals surface area (Å²) in [5.74, 6) is 7.41. The van der Waals surface area contributed by atoms with Gasteiger partial charge in [0.25, 0.3) is 5.91 Å². The summed E-state index contributed by atoms with van der Waals surface area (Å²) in [5.41, 5.74) is 5.36. The third-order valence-corrected chi connectivity index (χ3v) is 10.7. The molecule has 1 aliphatic heterocycles. The summed E-state index contributed by atoms with van der Waals surface area (Å²) in [7, 11) is 0. The second kappa shape index (κ2) is 23.8. The van der Waals surface area contributed by atoms with Gasteiger partial charge in [-0.2, -0.15) is 26.0 Å². The zero-order valence-corrected chi connectivity index (χ0v) is 35.0. The molecule has 0 bridgehead atoms. The van der Waals surface area contributed by atoms with Gasteiger partial charge in [-0.05, 0) is 103 Å². The molecule has 1 amide bonds.